The summed E-state index contributed by atoms with van der Waals surface area (Å²) in [7, 11) is 0. The standard InChI is InChI=1S/C17H22N2O/c1-13-10-14(15-6-3-4-7-16(15)18-13)11-19-9-5-8-17(2,20)12-19/h3-4,6-7,10,20H,5,8-9,11-12H2,1-2H3. The number of hydrogen-bond acceptors (Lipinski definition) is 3. The number of piperidine rings is 1. The van der Waals surface area contributed by atoms with E-state index in [0.29, 0.717) is 0 Å². The van der Waals surface area contributed by atoms with Crippen molar-refractivity contribution < 1.29 is 5.11 Å². The summed E-state index contributed by atoms with van der Waals surface area (Å²) in [5.74, 6) is 0. The lowest BCUT2D eigenvalue weighted by atomic mass is 9.94. The number of para-hydroxylation sites is 1. The van der Waals surface area contributed by atoms with Crippen LogP contribution in [-0.4, -0.2) is 33.7 Å². The summed E-state index contributed by atoms with van der Waals surface area (Å²) in [6, 6.07) is 10.5. The molecule has 1 aromatic heterocycles. The molecule has 1 atom stereocenters. The Kier molecular flexibility index (Phi) is 3.48. The van der Waals surface area contributed by atoms with E-state index < -0.39 is 5.60 Å². The Morgan fingerprint density at radius 1 is 1.35 bits per heavy atom. The van der Waals surface area contributed by atoms with E-state index in [1.54, 1.807) is 0 Å². The Labute approximate surface area is 120 Å². The molecule has 3 rings (SSSR count). The third-order valence-electron chi connectivity index (χ3n) is 4.08. The van der Waals surface area contributed by atoms with Crippen molar-refractivity contribution in [2.24, 2.45) is 0 Å². The lowest BCUT2D eigenvalue weighted by Crippen LogP contribution is -2.45. The van der Waals surface area contributed by atoms with E-state index in [9.17, 15) is 5.11 Å². The van der Waals surface area contributed by atoms with E-state index in [2.05, 4.69) is 34.1 Å². The van der Waals surface area contributed by atoms with Gasteiger partial charge < -0.3 is 5.11 Å². The van der Waals surface area contributed by atoms with Crippen LogP contribution in [0.3, 0.4) is 0 Å². The van der Waals surface area contributed by atoms with Gasteiger partial charge in [-0.1, -0.05) is 18.2 Å². The molecule has 2 aromatic rings. The summed E-state index contributed by atoms with van der Waals surface area (Å²) in [5, 5.41) is 11.5. The van der Waals surface area contributed by atoms with Gasteiger partial charge in [0.05, 0.1) is 11.1 Å². The quantitative estimate of drug-likeness (QED) is 0.911. The molecular weight excluding hydrogens is 248 g/mol. The predicted octanol–water partition coefficient (Wildman–Crippen LogP) is 2.89. The van der Waals surface area contributed by atoms with Crippen LogP contribution in [-0.2, 0) is 6.54 Å². The number of aliphatic hydroxyl groups is 1. The monoisotopic (exact) mass is 270 g/mol. The van der Waals surface area contributed by atoms with Gasteiger partial charge in [-0.15, -0.1) is 0 Å². The molecule has 106 valence electrons. The van der Waals surface area contributed by atoms with Crippen LogP contribution >= 0.6 is 0 Å². The third-order valence-corrected chi connectivity index (χ3v) is 4.08. The van der Waals surface area contributed by atoms with E-state index >= 15 is 0 Å². The van der Waals surface area contributed by atoms with Gasteiger partial charge in [0, 0.05) is 24.2 Å². The van der Waals surface area contributed by atoms with Crippen molar-refractivity contribution in [3.8, 4) is 0 Å². The fourth-order valence-corrected chi connectivity index (χ4v) is 3.22. The normalized spacial score (nSPS) is 24.1. The fraction of sp³-hybridized carbons (Fsp3) is 0.471. The zero-order valence-electron chi connectivity index (χ0n) is 12.3. The van der Waals surface area contributed by atoms with E-state index in [4.69, 9.17) is 0 Å². The van der Waals surface area contributed by atoms with E-state index in [1.807, 2.05) is 19.9 Å². The van der Waals surface area contributed by atoms with Crippen molar-refractivity contribution in [1.82, 2.24) is 9.88 Å². The molecule has 1 unspecified atom stereocenters. The minimum atomic E-state index is -0.546. The van der Waals surface area contributed by atoms with Gasteiger partial charge in [-0.3, -0.25) is 9.88 Å². The Hall–Kier alpha value is -1.45. The Morgan fingerprint density at radius 2 is 2.15 bits per heavy atom. The van der Waals surface area contributed by atoms with Crippen LogP contribution in [0.1, 0.15) is 31.0 Å². The van der Waals surface area contributed by atoms with Gasteiger partial charge in [-0.2, -0.15) is 0 Å². The highest BCUT2D eigenvalue weighted by Crippen LogP contribution is 2.24. The number of aryl methyl sites for hydroxylation is 1. The Bertz CT molecular complexity index is 621. The fourth-order valence-electron chi connectivity index (χ4n) is 3.22. The minimum absolute atomic E-state index is 0.546. The zero-order chi connectivity index (χ0) is 14.2. The van der Waals surface area contributed by atoms with Crippen molar-refractivity contribution in [1.29, 1.82) is 0 Å². The van der Waals surface area contributed by atoms with Crippen molar-refractivity contribution in [3.05, 3.63) is 41.6 Å². The summed E-state index contributed by atoms with van der Waals surface area (Å²) >= 11 is 0. The smallest absolute Gasteiger partial charge is 0.0746 e. The van der Waals surface area contributed by atoms with E-state index in [0.717, 1.165) is 43.7 Å². The number of benzene rings is 1. The number of hydrogen-bond donors (Lipinski definition) is 1. The largest absolute Gasteiger partial charge is 0.389 e. The van der Waals surface area contributed by atoms with E-state index in [-0.39, 0.29) is 0 Å². The predicted molar refractivity (Wildman–Crippen MR) is 81.6 cm³/mol. The number of nitrogens with zero attached hydrogens (tertiary/aromatic N) is 2. The molecule has 1 aliphatic rings. The van der Waals surface area contributed by atoms with Crippen LogP contribution < -0.4 is 0 Å². The average molecular weight is 270 g/mol. The molecule has 1 aliphatic heterocycles. The van der Waals surface area contributed by atoms with Crippen molar-refractivity contribution in [3.63, 3.8) is 0 Å². The lowest BCUT2D eigenvalue weighted by Gasteiger charge is -2.37. The molecule has 1 fully saturated rings. The van der Waals surface area contributed by atoms with Gasteiger partial charge in [-0.05, 0) is 50.9 Å². The van der Waals surface area contributed by atoms with Crippen molar-refractivity contribution in [2.75, 3.05) is 13.1 Å². The molecule has 1 aromatic carbocycles. The second-order valence-corrected chi connectivity index (χ2v) is 6.25. The number of rotatable bonds is 2. The van der Waals surface area contributed by atoms with Crippen LogP contribution in [0.4, 0.5) is 0 Å². The topological polar surface area (TPSA) is 36.4 Å². The summed E-state index contributed by atoms with van der Waals surface area (Å²) < 4.78 is 0. The van der Waals surface area contributed by atoms with Gasteiger partial charge in [0.25, 0.3) is 0 Å². The van der Waals surface area contributed by atoms with Gasteiger partial charge in [-0.25, -0.2) is 0 Å². The second kappa shape index (κ2) is 5.15. The maximum atomic E-state index is 10.2. The first-order valence-corrected chi connectivity index (χ1v) is 7.33. The molecule has 20 heavy (non-hydrogen) atoms. The summed E-state index contributed by atoms with van der Waals surface area (Å²) in [5.41, 5.74) is 2.88. The number of pyridine rings is 1. The van der Waals surface area contributed by atoms with Crippen LogP contribution in [0.15, 0.2) is 30.3 Å². The lowest BCUT2D eigenvalue weighted by molar-refractivity contribution is -0.0180. The SMILES string of the molecule is Cc1cc(CN2CCCC(C)(O)C2)c2ccccc2n1. The molecule has 0 bridgehead atoms. The number of likely N-dealkylation sites (tertiary alicyclic amines) is 1. The van der Waals surface area contributed by atoms with Gasteiger partial charge in [0.2, 0.25) is 0 Å². The van der Waals surface area contributed by atoms with Crippen molar-refractivity contribution >= 4 is 10.9 Å². The second-order valence-electron chi connectivity index (χ2n) is 6.25. The molecule has 2 heterocycles. The molecule has 0 radical (unpaired) electrons. The third kappa shape index (κ3) is 2.84. The number of β-amino-alcohol motifs (C(OH)–C–C–N with tert-alkyl or cyclic N) is 1. The minimum Gasteiger partial charge on any atom is -0.389 e. The van der Waals surface area contributed by atoms with Crippen molar-refractivity contribution in [2.45, 2.75) is 38.8 Å². The summed E-state index contributed by atoms with van der Waals surface area (Å²) in [6.07, 6.45) is 1.97. The van der Waals surface area contributed by atoms with Crippen LogP contribution in [0, 0.1) is 6.92 Å². The first-order chi connectivity index (χ1) is 9.53. The highest BCUT2D eigenvalue weighted by Gasteiger charge is 2.28. The van der Waals surface area contributed by atoms with E-state index in [1.165, 1.54) is 10.9 Å². The van der Waals surface area contributed by atoms with Crippen LogP contribution in [0.2, 0.25) is 0 Å². The molecule has 1 saturated heterocycles. The maximum Gasteiger partial charge on any atom is 0.0746 e. The molecular formula is C17H22N2O. The highest BCUT2D eigenvalue weighted by molar-refractivity contribution is 5.82. The van der Waals surface area contributed by atoms with Gasteiger partial charge in [0.15, 0.2) is 0 Å². The van der Waals surface area contributed by atoms with Crippen LogP contribution in [0.5, 0.6) is 0 Å². The Morgan fingerprint density at radius 3 is 2.95 bits per heavy atom. The first kappa shape index (κ1) is 13.5. The summed E-state index contributed by atoms with van der Waals surface area (Å²) in [6.45, 7) is 6.69. The van der Waals surface area contributed by atoms with Crippen LogP contribution in [0.25, 0.3) is 10.9 Å². The molecule has 0 amide bonds. The highest BCUT2D eigenvalue weighted by atomic mass is 16.3. The molecule has 0 aliphatic carbocycles. The van der Waals surface area contributed by atoms with Gasteiger partial charge >= 0.3 is 0 Å². The summed E-state index contributed by atoms with van der Waals surface area (Å²) in [4.78, 5) is 6.94. The molecule has 3 nitrogen and oxygen atoms in total. The zero-order valence-corrected chi connectivity index (χ0v) is 12.3. The first-order valence-electron chi connectivity index (χ1n) is 7.33. The number of aromatic nitrogens is 1. The van der Waals surface area contributed by atoms with Gasteiger partial charge in [0.1, 0.15) is 0 Å². The Balaban J connectivity index is 1.90. The average Bonchev–Trinajstić information content (AvgIpc) is 2.37. The number of fused-ring (bicyclic) bond motifs is 1. The maximum absolute atomic E-state index is 10.2. The molecule has 0 spiro atoms. The molecule has 0 saturated carbocycles. The molecule has 3 heteroatoms. The molecule has 1 N–H and O–H groups in total.